The number of aromatic nitrogens is 2. The summed E-state index contributed by atoms with van der Waals surface area (Å²) in [5.74, 6) is -0.350. The van der Waals surface area contributed by atoms with Crippen LogP contribution in [0.1, 0.15) is 28.2 Å². The SMILES string of the molecule is Cc1nn(-c2cccc(Cl)c2)c2sc(C(=O)NC3CCCNC3=O)cc12. The van der Waals surface area contributed by atoms with Crippen molar-refractivity contribution in [2.24, 2.45) is 0 Å². The Bertz CT molecular complexity index is 1010. The number of nitrogens with one attached hydrogen (secondary N) is 2. The molecule has 1 atom stereocenters. The lowest BCUT2D eigenvalue weighted by Gasteiger charge is -2.22. The molecule has 0 radical (unpaired) electrons. The number of amides is 2. The van der Waals surface area contributed by atoms with Gasteiger partial charge in [0.1, 0.15) is 10.9 Å². The molecule has 0 bridgehead atoms. The highest BCUT2D eigenvalue weighted by atomic mass is 35.5. The number of aryl methyl sites for hydroxylation is 1. The molecule has 0 saturated carbocycles. The van der Waals surface area contributed by atoms with E-state index in [1.807, 2.05) is 31.2 Å². The first-order valence-electron chi connectivity index (χ1n) is 8.36. The second-order valence-electron chi connectivity index (χ2n) is 6.27. The average molecular weight is 389 g/mol. The fourth-order valence-electron chi connectivity index (χ4n) is 3.08. The van der Waals surface area contributed by atoms with E-state index in [-0.39, 0.29) is 11.8 Å². The van der Waals surface area contributed by atoms with E-state index >= 15 is 0 Å². The van der Waals surface area contributed by atoms with Crippen molar-refractivity contribution in [2.45, 2.75) is 25.8 Å². The van der Waals surface area contributed by atoms with Crippen LogP contribution < -0.4 is 10.6 Å². The van der Waals surface area contributed by atoms with Crippen molar-refractivity contribution in [3.05, 3.63) is 45.9 Å². The number of nitrogens with zero attached hydrogens (tertiary/aromatic N) is 2. The van der Waals surface area contributed by atoms with E-state index in [0.717, 1.165) is 28.0 Å². The third-order valence-electron chi connectivity index (χ3n) is 4.41. The van der Waals surface area contributed by atoms with Gasteiger partial charge in [0.25, 0.3) is 5.91 Å². The molecule has 2 amide bonds. The zero-order valence-electron chi connectivity index (χ0n) is 14.1. The maximum absolute atomic E-state index is 12.6. The molecule has 1 unspecified atom stereocenters. The average Bonchev–Trinajstić information content (AvgIpc) is 3.18. The zero-order valence-corrected chi connectivity index (χ0v) is 15.7. The summed E-state index contributed by atoms with van der Waals surface area (Å²) in [6, 6.07) is 8.79. The minimum Gasteiger partial charge on any atom is -0.354 e. The van der Waals surface area contributed by atoms with Gasteiger partial charge in [-0.15, -0.1) is 11.3 Å². The Morgan fingerprint density at radius 3 is 3.04 bits per heavy atom. The van der Waals surface area contributed by atoms with Crippen LogP contribution in [0.15, 0.2) is 30.3 Å². The molecular formula is C18H17ClN4O2S. The Hall–Kier alpha value is -2.38. The van der Waals surface area contributed by atoms with E-state index in [9.17, 15) is 9.59 Å². The van der Waals surface area contributed by atoms with Crippen LogP contribution in [0.25, 0.3) is 15.9 Å². The molecule has 134 valence electrons. The van der Waals surface area contributed by atoms with E-state index in [0.29, 0.717) is 22.9 Å². The molecular weight excluding hydrogens is 372 g/mol. The van der Waals surface area contributed by atoms with Crippen molar-refractivity contribution >= 4 is 45.0 Å². The molecule has 26 heavy (non-hydrogen) atoms. The van der Waals surface area contributed by atoms with Crippen LogP contribution in [0.2, 0.25) is 5.02 Å². The first kappa shape index (κ1) is 17.1. The highest BCUT2D eigenvalue weighted by Gasteiger charge is 2.25. The van der Waals surface area contributed by atoms with Crippen molar-refractivity contribution in [3.63, 3.8) is 0 Å². The van der Waals surface area contributed by atoms with E-state index in [1.165, 1.54) is 11.3 Å². The number of fused-ring (bicyclic) bond motifs is 1. The fourth-order valence-corrected chi connectivity index (χ4v) is 4.35. The van der Waals surface area contributed by atoms with Gasteiger partial charge in [0.15, 0.2) is 0 Å². The molecule has 3 heterocycles. The van der Waals surface area contributed by atoms with Crippen LogP contribution in [-0.2, 0) is 4.79 Å². The predicted molar refractivity (Wildman–Crippen MR) is 102 cm³/mol. The summed E-state index contributed by atoms with van der Waals surface area (Å²) < 4.78 is 1.80. The number of thiophene rings is 1. The second kappa shape index (κ2) is 6.74. The van der Waals surface area contributed by atoms with Gasteiger partial charge in [-0.1, -0.05) is 17.7 Å². The summed E-state index contributed by atoms with van der Waals surface area (Å²) in [5.41, 5.74) is 1.68. The molecule has 4 rings (SSSR count). The normalized spacial score (nSPS) is 17.3. The fraction of sp³-hybridized carbons (Fsp3) is 0.278. The molecule has 0 aliphatic carbocycles. The van der Waals surface area contributed by atoms with Crippen LogP contribution in [-0.4, -0.2) is 34.2 Å². The van der Waals surface area contributed by atoms with Gasteiger partial charge in [-0.25, -0.2) is 4.68 Å². The van der Waals surface area contributed by atoms with Gasteiger partial charge in [-0.2, -0.15) is 5.10 Å². The van der Waals surface area contributed by atoms with Gasteiger partial charge in [0.2, 0.25) is 5.91 Å². The van der Waals surface area contributed by atoms with Gasteiger partial charge in [0, 0.05) is 17.0 Å². The standard InChI is InChI=1S/C18H17ClN4O2S/c1-10-13-9-15(17(25)21-14-6-3-7-20-16(14)24)26-18(13)23(22-10)12-5-2-4-11(19)8-12/h2,4-5,8-9,14H,3,6-7H2,1H3,(H,20,24)(H,21,25). The van der Waals surface area contributed by atoms with Gasteiger partial charge >= 0.3 is 0 Å². The zero-order chi connectivity index (χ0) is 18.3. The first-order valence-corrected chi connectivity index (χ1v) is 9.56. The minimum absolute atomic E-state index is 0.119. The summed E-state index contributed by atoms with van der Waals surface area (Å²) in [4.78, 5) is 25.9. The molecule has 1 fully saturated rings. The third-order valence-corrected chi connectivity index (χ3v) is 5.76. The summed E-state index contributed by atoms with van der Waals surface area (Å²) in [6.07, 6.45) is 1.53. The van der Waals surface area contributed by atoms with E-state index < -0.39 is 6.04 Å². The second-order valence-corrected chi connectivity index (χ2v) is 7.73. The molecule has 1 saturated heterocycles. The van der Waals surface area contributed by atoms with Gasteiger partial charge < -0.3 is 10.6 Å². The smallest absolute Gasteiger partial charge is 0.262 e. The summed E-state index contributed by atoms with van der Waals surface area (Å²) in [7, 11) is 0. The molecule has 1 aliphatic heterocycles. The number of hydrogen-bond donors (Lipinski definition) is 2. The number of carbonyl (C=O) groups excluding carboxylic acids is 2. The Kier molecular flexibility index (Phi) is 4.42. The van der Waals surface area contributed by atoms with E-state index in [2.05, 4.69) is 15.7 Å². The maximum Gasteiger partial charge on any atom is 0.262 e. The van der Waals surface area contributed by atoms with E-state index in [4.69, 9.17) is 11.6 Å². The van der Waals surface area contributed by atoms with Crippen LogP contribution in [0.4, 0.5) is 0 Å². The molecule has 2 aromatic heterocycles. The maximum atomic E-state index is 12.6. The highest BCUT2D eigenvalue weighted by Crippen LogP contribution is 2.31. The molecule has 6 nitrogen and oxygen atoms in total. The lowest BCUT2D eigenvalue weighted by molar-refractivity contribution is -0.124. The first-order chi connectivity index (χ1) is 12.5. The molecule has 3 aromatic rings. The molecule has 1 aromatic carbocycles. The van der Waals surface area contributed by atoms with Crippen molar-refractivity contribution in [2.75, 3.05) is 6.54 Å². The minimum atomic E-state index is -0.466. The topological polar surface area (TPSA) is 76.0 Å². The molecule has 0 spiro atoms. The number of benzene rings is 1. The van der Waals surface area contributed by atoms with Crippen molar-refractivity contribution in [1.82, 2.24) is 20.4 Å². The summed E-state index contributed by atoms with van der Waals surface area (Å²) >= 11 is 7.45. The Balaban J connectivity index is 1.66. The third kappa shape index (κ3) is 3.08. The van der Waals surface area contributed by atoms with Crippen LogP contribution in [0.3, 0.4) is 0 Å². The number of halogens is 1. The number of rotatable bonds is 3. The van der Waals surface area contributed by atoms with Gasteiger partial charge in [-0.05, 0) is 44.0 Å². The van der Waals surface area contributed by atoms with Crippen LogP contribution >= 0.6 is 22.9 Å². The summed E-state index contributed by atoms with van der Waals surface area (Å²) in [5, 5.41) is 11.7. The highest BCUT2D eigenvalue weighted by molar-refractivity contribution is 7.20. The van der Waals surface area contributed by atoms with Crippen molar-refractivity contribution in [1.29, 1.82) is 0 Å². The lowest BCUT2D eigenvalue weighted by atomic mass is 10.1. The summed E-state index contributed by atoms with van der Waals surface area (Å²) in [6.45, 7) is 2.58. The predicted octanol–water partition coefficient (Wildman–Crippen LogP) is 3.06. The Labute approximate surface area is 159 Å². The van der Waals surface area contributed by atoms with Crippen molar-refractivity contribution in [3.8, 4) is 5.69 Å². The number of piperidine rings is 1. The quantitative estimate of drug-likeness (QED) is 0.724. The van der Waals surface area contributed by atoms with Crippen molar-refractivity contribution < 1.29 is 9.59 Å². The molecule has 1 aliphatic rings. The van der Waals surface area contributed by atoms with Crippen LogP contribution in [0.5, 0.6) is 0 Å². The largest absolute Gasteiger partial charge is 0.354 e. The van der Waals surface area contributed by atoms with E-state index in [1.54, 1.807) is 10.7 Å². The number of hydrogen-bond acceptors (Lipinski definition) is 4. The molecule has 2 N–H and O–H groups in total. The Morgan fingerprint density at radius 2 is 2.27 bits per heavy atom. The van der Waals surface area contributed by atoms with Crippen LogP contribution in [0, 0.1) is 6.92 Å². The lowest BCUT2D eigenvalue weighted by Crippen LogP contribution is -2.50. The van der Waals surface area contributed by atoms with Gasteiger partial charge in [-0.3, -0.25) is 9.59 Å². The monoisotopic (exact) mass is 388 g/mol. The molecule has 8 heteroatoms. The Morgan fingerprint density at radius 1 is 1.42 bits per heavy atom. The van der Waals surface area contributed by atoms with Gasteiger partial charge in [0.05, 0.1) is 16.3 Å². The number of carbonyl (C=O) groups is 2.